The molecule has 0 aliphatic heterocycles. The average Bonchev–Trinajstić information content (AvgIpc) is 2.43. The predicted octanol–water partition coefficient (Wildman–Crippen LogP) is 6.86. The van der Waals surface area contributed by atoms with Crippen LogP contribution in [0.4, 0.5) is 0 Å². The van der Waals surface area contributed by atoms with Crippen LogP contribution >= 0.6 is 0 Å². The largest absolute Gasteiger partial charge is 0.0999 e. The molecule has 114 valence electrons. The fourth-order valence-electron chi connectivity index (χ4n) is 3.43. The zero-order valence-electron chi connectivity index (χ0n) is 14.5. The molecule has 0 N–H and O–H groups in total. The summed E-state index contributed by atoms with van der Waals surface area (Å²) in [4.78, 5) is 0. The van der Waals surface area contributed by atoms with Crippen LogP contribution in [0.1, 0.15) is 86.5 Å². The standard InChI is InChI=1S/C19H38/c1-8-12-13-15(5)14-18(10-3)19(11-4)17(7)16(6)9-2/h16-19H,5,8-14H2,1-4,6-7H3. The van der Waals surface area contributed by atoms with E-state index in [0.717, 1.165) is 23.7 Å². The molecule has 0 fully saturated rings. The molecule has 4 atom stereocenters. The van der Waals surface area contributed by atoms with Gasteiger partial charge in [0.1, 0.15) is 0 Å². The Morgan fingerprint density at radius 2 is 1.58 bits per heavy atom. The summed E-state index contributed by atoms with van der Waals surface area (Å²) in [6.45, 7) is 18.6. The molecular weight excluding hydrogens is 228 g/mol. The van der Waals surface area contributed by atoms with Gasteiger partial charge in [0.05, 0.1) is 0 Å². The topological polar surface area (TPSA) is 0 Å². The lowest BCUT2D eigenvalue weighted by Crippen LogP contribution is -2.25. The first-order valence-electron chi connectivity index (χ1n) is 8.68. The summed E-state index contributed by atoms with van der Waals surface area (Å²) in [7, 11) is 0. The summed E-state index contributed by atoms with van der Waals surface area (Å²) in [6, 6.07) is 0. The highest BCUT2D eigenvalue weighted by molar-refractivity contribution is 4.97. The van der Waals surface area contributed by atoms with Crippen LogP contribution in [-0.2, 0) is 0 Å². The van der Waals surface area contributed by atoms with E-state index in [4.69, 9.17) is 0 Å². The Morgan fingerprint density at radius 3 is 2.00 bits per heavy atom. The minimum atomic E-state index is 0.846. The molecular formula is C19H38. The molecule has 0 saturated heterocycles. The monoisotopic (exact) mass is 266 g/mol. The Balaban J connectivity index is 4.56. The van der Waals surface area contributed by atoms with Gasteiger partial charge in [-0.15, -0.1) is 0 Å². The van der Waals surface area contributed by atoms with Crippen LogP contribution in [0.2, 0.25) is 0 Å². The molecule has 0 bridgehead atoms. The molecule has 4 unspecified atom stereocenters. The van der Waals surface area contributed by atoms with Crippen LogP contribution < -0.4 is 0 Å². The van der Waals surface area contributed by atoms with Crippen molar-refractivity contribution in [1.29, 1.82) is 0 Å². The van der Waals surface area contributed by atoms with Gasteiger partial charge in [0.15, 0.2) is 0 Å². The second kappa shape index (κ2) is 10.5. The lowest BCUT2D eigenvalue weighted by atomic mass is 9.71. The normalized spacial score (nSPS) is 17.8. The van der Waals surface area contributed by atoms with Gasteiger partial charge in [-0.3, -0.25) is 0 Å². The fourth-order valence-corrected chi connectivity index (χ4v) is 3.43. The highest BCUT2D eigenvalue weighted by atomic mass is 14.3. The molecule has 0 spiro atoms. The number of hydrogen-bond donors (Lipinski definition) is 0. The summed E-state index contributed by atoms with van der Waals surface area (Å²) in [6.07, 6.45) is 9.04. The molecule has 0 aliphatic carbocycles. The van der Waals surface area contributed by atoms with E-state index in [9.17, 15) is 0 Å². The maximum Gasteiger partial charge on any atom is -0.0292 e. The molecule has 0 heteroatoms. The second-order valence-corrected chi connectivity index (χ2v) is 6.54. The van der Waals surface area contributed by atoms with Crippen LogP contribution in [-0.4, -0.2) is 0 Å². The quantitative estimate of drug-likeness (QED) is 0.358. The Labute approximate surface area is 123 Å². The minimum Gasteiger partial charge on any atom is -0.0999 e. The molecule has 0 nitrogen and oxygen atoms in total. The van der Waals surface area contributed by atoms with Crippen molar-refractivity contribution in [2.45, 2.75) is 86.5 Å². The first kappa shape index (κ1) is 18.7. The third kappa shape index (κ3) is 6.63. The van der Waals surface area contributed by atoms with Gasteiger partial charge in [0, 0.05) is 0 Å². The van der Waals surface area contributed by atoms with Gasteiger partial charge < -0.3 is 0 Å². The van der Waals surface area contributed by atoms with E-state index in [-0.39, 0.29) is 0 Å². The third-order valence-corrected chi connectivity index (χ3v) is 5.25. The van der Waals surface area contributed by atoms with Gasteiger partial charge in [-0.25, -0.2) is 0 Å². The van der Waals surface area contributed by atoms with Crippen LogP contribution in [0.15, 0.2) is 12.2 Å². The summed E-state index contributed by atoms with van der Waals surface area (Å²) >= 11 is 0. The van der Waals surface area contributed by atoms with E-state index in [1.165, 1.54) is 50.5 Å². The SMILES string of the molecule is C=C(CCCC)CC(CC)C(CC)C(C)C(C)CC. The highest BCUT2D eigenvalue weighted by Crippen LogP contribution is 2.36. The van der Waals surface area contributed by atoms with Gasteiger partial charge >= 0.3 is 0 Å². The van der Waals surface area contributed by atoms with Crippen molar-refractivity contribution in [1.82, 2.24) is 0 Å². The predicted molar refractivity (Wildman–Crippen MR) is 89.5 cm³/mol. The van der Waals surface area contributed by atoms with Crippen molar-refractivity contribution in [2.24, 2.45) is 23.7 Å². The summed E-state index contributed by atoms with van der Waals surface area (Å²) in [5.74, 6) is 3.42. The van der Waals surface area contributed by atoms with Crippen molar-refractivity contribution in [3.05, 3.63) is 12.2 Å². The molecule has 0 aromatic heterocycles. The molecule has 0 rings (SSSR count). The van der Waals surface area contributed by atoms with Crippen LogP contribution in [0.5, 0.6) is 0 Å². The molecule has 0 aliphatic rings. The Hall–Kier alpha value is -0.260. The third-order valence-electron chi connectivity index (χ3n) is 5.25. The van der Waals surface area contributed by atoms with E-state index >= 15 is 0 Å². The van der Waals surface area contributed by atoms with Gasteiger partial charge in [-0.2, -0.15) is 0 Å². The molecule has 0 radical (unpaired) electrons. The molecule has 19 heavy (non-hydrogen) atoms. The molecule has 0 aromatic carbocycles. The van der Waals surface area contributed by atoms with Gasteiger partial charge in [0.25, 0.3) is 0 Å². The minimum absolute atomic E-state index is 0.846. The van der Waals surface area contributed by atoms with Crippen LogP contribution in [0, 0.1) is 23.7 Å². The highest BCUT2D eigenvalue weighted by Gasteiger charge is 2.27. The van der Waals surface area contributed by atoms with Gasteiger partial charge in [0.2, 0.25) is 0 Å². The molecule has 0 heterocycles. The van der Waals surface area contributed by atoms with E-state index < -0.39 is 0 Å². The van der Waals surface area contributed by atoms with E-state index in [2.05, 4.69) is 48.1 Å². The Kier molecular flexibility index (Phi) is 10.4. The zero-order chi connectivity index (χ0) is 14.8. The first-order valence-corrected chi connectivity index (χ1v) is 8.68. The van der Waals surface area contributed by atoms with E-state index in [0.29, 0.717) is 0 Å². The van der Waals surface area contributed by atoms with E-state index in [1.54, 1.807) is 0 Å². The number of hydrogen-bond acceptors (Lipinski definition) is 0. The first-order chi connectivity index (χ1) is 9.01. The average molecular weight is 267 g/mol. The second-order valence-electron chi connectivity index (χ2n) is 6.54. The Bertz CT molecular complexity index is 228. The van der Waals surface area contributed by atoms with Crippen molar-refractivity contribution in [3.63, 3.8) is 0 Å². The maximum absolute atomic E-state index is 4.32. The van der Waals surface area contributed by atoms with Gasteiger partial charge in [-0.1, -0.05) is 79.4 Å². The zero-order valence-corrected chi connectivity index (χ0v) is 14.5. The van der Waals surface area contributed by atoms with Crippen molar-refractivity contribution >= 4 is 0 Å². The number of unbranched alkanes of at least 4 members (excludes halogenated alkanes) is 1. The maximum atomic E-state index is 4.32. The van der Waals surface area contributed by atoms with Crippen LogP contribution in [0.25, 0.3) is 0 Å². The lowest BCUT2D eigenvalue weighted by molar-refractivity contribution is 0.168. The lowest BCUT2D eigenvalue weighted by Gasteiger charge is -2.34. The van der Waals surface area contributed by atoms with E-state index in [1.807, 2.05) is 0 Å². The van der Waals surface area contributed by atoms with Crippen LogP contribution in [0.3, 0.4) is 0 Å². The van der Waals surface area contributed by atoms with Crippen molar-refractivity contribution in [3.8, 4) is 0 Å². The summed E-state index contributed by atoms with van der Waals surface area (Å²) in [5.41, 5.74) is 1.49. The Morgan fingerprint density at radius 1 is 0.947 bits per heavy atom. The number of rotatable bonds is 11. The van der Waals surface area contributed by atoms with Crippen molar-refractivity contribution in [2.75, 3.05) is 0 Å². The molecule has 0 saturated carbocycles. The summed E-state index contributed by atoms with van der Waals surface area (Å²) in [5, 5.41) is 0. The van der Waals surface area contributed by atoms with Crippen molar-refractivity contribution < 1.29 is 0 Å². The fraction of sp³-hybridized carbons (Fsp3) is 0.895. The number of allylic oxidation sites excluding steroid dienone is 1. The molecule has 0 amide bonds. The van der Waals surface area contributed by atoms with Gasteiger partial charge in [-0.05, 0) is 42.9 Å². The smallest absolute Gasteiger partial charge is 0.0292 e. The summed E-state index contributed by atoms with van der Waals surface area (Å²) < 4.78 is 0. The molecule has 0 aromatic rings.